The molecule has 2 aromatic heterocycles. The Kier molecular flexibility index (Phi) is 8.37. The molecule has 0 saturated carbocycles. The van der Waals surface area contributed by atoms with Gasteiger partial charge in [-0.25, -0.2) is 0 Å². The summed E-state index contributed by atoms with van der Waals surface area (Å²) in [6, 6.07) is 21.4. The molecule has 4 nitrogen and oxygen atoms in total. The third kappa shape index (κ3) is 6.21. The first-order valence-electron chi connectivity index (χ1n) is 16.7. The lowest BCUT2D eigenvalue weighted by atomic mass is 9.96. The summed E-state index contributed by atoms with van der Waals surface area (Å²) in [7, 11) is 0. The van der Waals surface area contributed by atoms with E-state index in [1.54, 1.807) is 0 Å². The largest absolute Gasteiger partial charge is 0.416 e. The van der Waals surface area contributed by atoms with Gasteiger partial charge in [0.05, 0.1) is 79.0 Å². The van der Waals surface area contributed by atoms with Crippen molar-refractivity contribution in [2.45, 2.75) is 24.7 Å². The first-order valence-corrected chi connectivity index (χ1v) is 16.7. The van der Waals surface area contributed by atoms with E-state index in [0.29, 0.717) is 48.5 Å². The maximum absolute atomic E-state index is 14.3. The van der Waals surface area contributed by atoms with E-state index in [1.165, 1.54) is 30.3 Å². The maximum Gasteiger partial charge on any atom is 0.416 e. The highest BCUT2D eigenvalue weighted by Gasteiger charge is 2.36. The van der Waals surface area contributed by atoms with E-state index in [1.807, 2.05) is 12.1 Å². The number of fused-ring (bicyclic) bond motifs is 6. The molecule has 0 spiro atoms. The fourth-order valence-corrected chi connectivity index (χ4v) is 7.28. The molecule has 0 fully saturated rings. The van der Waals surface area contributed by atoms with Crippen molar-refractivity contribution in [2.24, 2.45) is 0 Å². The Labute approximate surface area is 317 Å². The van der Waals surface area contributed by atoms with Gasteiger partial charge in [-0.3, -0.25) is 0 Å². The van der Waals surface area contributed by atoms with Gasteiger partial charge < -0.3 is 9.13 Å². The van der Waals surface area contributed by atoms with Crippen molar-refractivity contribution in [2.75, 3.05) is 0 Å². The van der Waals surface area contributed by atoms with E-state index >= 15 is 0 Å². The Morgan fingerprint density at radius 1 is 0.397 bits per heavy atom. The van der Waals surface area contributed by atoms with Gasteiger partial charge in [0.2, 0.25) is 0 Å². The normalized spacial score (nSPS) is 12.8. The van der Waals surface area contributed by atoms with Crippen molar-refractivity contribution >= 4 is 43.6 Å². The Hall–Kier alpha value is -6.94. The van der Waals surface area contributed by atoms with Crippen LogP contribution < -0.4 is 0 Å². The standard InChI is InChI=1S/C42H18F12N4/c43-39(44,45)24-4-8-28-29-9-5-25(40(46,47)48)15-34(29)57(33(28)14-24)37-13-23(20-56)32(22-3-1-2-21(12-22)19-55)18-38(37)58-35-16-26(41(49,50)51)6-10-30(35)31-11-7-27(17-36(31)58)42(52,53)54/h1-18H. The molecule has 8 aromatic rings. The number of aromatic nitrogens is 2. The van der Waals surface area contributed by atoms with E-state index in [0.717, 1.165) is 39.5 Å². The highest BCUT2D eigenvalue weighted by atomic mass is 19.4. The third-order valence-corrected chi connectivity index (χ3v) is 9.86. The Bertz CT molecular complexity index is 2950. The van der Waals surface area contributed by atoms with Crippen LogP contribution in [-0.2, 0) is 24.7 Å². The highest BCUT2D eigenvalue weighted by molar-refractivity contribution is 6.12. The van der Waals surface area contributed by atoms with Gasteiger partial charge in [0.1, 0.15) is 0 Å². The Morgan fingerprint density at radius 3 is 1.09 bits per heavy atom. The van der Waals surface area contributed by atoms with E-state index in [4.69, 9.17) is 0 Å². The van der Waals surface area contributed by atoms with Crippen molar-refractivity contribution in [1.29, 1.82) is 10.5 Å². The van der Waals surface area contributed by atoms with Gasteiger partial charge in [-0.1, -0.05) is 36.4 Å². The molecular formula is C42H18F12N4. The van der Waals surface area contributed by atoms with Crippen LogP contribution in [0, 0.1) is 22.7 Å². The molecule has 0 N–H and O–H groups in total. The molecule has 0 saturated heterocycles. The third-order valence-electron chi connectivity index (χ3n) is 9.86. The van der Waals surface area contributed by atoms with Crippen LogP contribution in [0.3, 0.4) is 0 Å². The molecule has 16 heteroatoms. The number of hydrogen-bond acceptors (Lipinski definition) is 2. The second-order valence-corrected chi connectivity index (χ2v) is 13.3. The predicted molar refractivity (Wildman–Crippen MR) is 190 cm³/mol. The molecule has 8 rings (SSSR count). The van der Waals surface area contributed by atoms with Crippen LogP contribution in [0.15, 0.2) is 109 Å². The second kappa shape index (κ2) is 12.8. The number of nitriles is 2. The van der Waals surface area contributed by atoms with E-state index in [9.17, 15) is 63.2 Å². The molecule has 6 aromatic carbocycles. The predicted octanol–water partition coefficient (Wildman–Crippen LogP) is 13.4. The molecule has 0 radical (unpaired) electrons. The summed E-state index contributed by atoms with van der Waals surface area (Å²) in [4.78, 5) is 0. The minimum atomic E-state index is -4.97. The summed E-state index contributed by atoms with van der Waals surface area (Å²) in [5, 5.41) is 20.2. The summed E-state index contributed by atoms with van der Waals surface area (Å²) in [6.45, 7) is 0. The minimum Gasteiger partial charge on any atom is -0.307 e. The monoisotopic (exact) mass is 806 g/mol. The first-order chi connectivity index (χ1) is 27.2. The first kappa shape index (κ1) is 38.0. The quantitative estimate of drug-likeness (QED) is 0.167. The van der Waals surface area contributed by atoms with Crippen molar-refractivity contribution in [3.63, 3.8) is 0 Å². The zero-order valence-corrected chi connectivity index (χ0v) is 28.7. The number of alkyl halides is 12. The zero-order chi connectivity index (χ0) is 41.7. The fraction of sp³-hybridized carbons (Fsp3) is 0.0952. The van der Waals surface area contributed by atoms with E-state index in [2.05, 4.69) is 0 Å². The van der Waals surface area contributed by atoms with Crippen LogP contribution in [0.5, 0.6) is 0 Å². The van der Waals surface area contributed by atoms with Gasteiger partial charge in [0.15, 0.2) is 0 Å². The van der Waals surface area contributed by atoms with E-state index < -0.39 is 47.0 Å². The summed E-state index contributed by atoms with van der Waals surface area (Å²) in [6.07, 6.45) is -19.9. The minimum absolute atomic E-state index is 0.00733. The van der Waals surface area contributed by atoms with Crippen LogP contribution in [0.25, 0.3) is 66.1 Å². The lowest BCUT2D eigenvalue weighted by Gasteiger charge is -2.20. The van der Waals surface area contributed by atoms with Gasteiger partial charge in [0.25, 0.3) is 0 Å². The fourth-order valence-electron chi connectivity index (χ4n) is 7.28. The summed E-state index contributed by atoms with van der Waals surface area (Å²) >= 11 is 0. The van der Waals surface area contributed by atoms with Crippen LogP contribution >= 0.6 is 0 Å². The summed E-state index contributed by atoms with van der Waals surface area (Å²) in [5.41, 5.74) is -6.96. The molecule has 0 atom stereocenters. The number of benzene rings is 6. The van der Waals surface area contributed by atoms with Gasteiger partial charge in [-0.05, 0) is 78.4 Å². The van der Waals surface area contributed by atoms with E-state index in [-0.39, 0.29) is 77.2 Å². The number of rotatable bonds is 3. The molecule has 0 amide bonds. The topological polar surface area (TPSA) is 57.4 Å². The van der Waals surface area contributed by atoms with Gasteiger partial charge >= 0.3 is 24.7 Å². The molecule has 0 aliphatic rings. The SMILES string of the molecule is N#Cc1cccc(-c2cc(-n3c4cc(C(F)(F)F)ccc4c4ccc(C(F)(F)F)cc43)c(-n3c4cc(C(F)(F)F)ccc4c4ccc(C(F)(F)F)cc43)cc2C#N)c1. The molecule has 0 unspecified atom stereocenters. The molecule has 0 aliphatic carbocycles. The molecular weight excluding hydrogens is 788 g/mol. The lowest BCUT2D eigenvalue weighted by Crippen LogP contribution is -2.09. The summed E-state index contributed by atoms with van der Waals surface area (Å²) < 4.78 is 173. The van der Waals surface area contributed by atoms with Crippen molar-refractivity contribution in [1.82, 2.24) is 9.13 Å². The van der Waals surface area contributed by atoms with Crippen LogP contribution in [-0.4, -0.2) is 9.13 Å². The molecule has 58 heavy (non-hydrogen) atoms. The average Bonchev–Trinajstić information content (AvgIpc) is 3.67. The molecule has 0 aliphatic heterocycles. The van der Waals surface area contributed by atoms with Crippen molar-refractivity contribution in [3.05, 3.63) is 143 Å². The smallest absolute Gasteiger partial charge is 0.307 e. The molecule has 0 bridgehead atoms. The van der Waals surface area contributed by atoms with Crippen molar-refractivity contribution in [3.8, 4) is 34.6 Å². The average molecular weight is 807 g/mol. The number of hydrogen-bond donors (Lipinski definition) is 0. The lowest BCUT2D eigenvalue weighted by molar-refractivity contribution is -0.138. The van der Waals surface area contributed by atoms with Crippen molar-refractivity contribution < 1.29 is 52.7 Å². The van der Waals surface area contributed by atoms with Crippen LogP contribution in [0.2, 0.25) is 0 Å². The Morgan fingerprint density at radius 2 is 0.759 bits per heavy atom. The highest BCUT2D eigenvalue weighted by Crippen LogP contribution is 2.45. The molecule has 2 heterocycles. The van der Waals surface area contributed by atoms with Gasteiger partial charge in [-0.2, -0.15) is 63.2 Å². The van der Waals surface area contributed by atoms with Gasteiger partial charge in [0, 0.05) is 27.1 Å². The maximum atomic E-state index is 14.3. The van der Waals surface area contributed by atoms with Crippen LogP contribution in [0.4, 0.5) is 52.7 Å². The van der Waals surface area contributed by atoms with Crippen LogP contribution in [0.1, 0.15) is 33.4 Å². The second-order valence-electron chi connectivity index (χ2n) is 13.3. The zero-order valence-electron chi connectivity index (χ0n) is 28.7. The number of halogens is 12. The molecule has 290 valence electrons. The summed E-state index contributed by atoms with van der Waals surface area (Å²) in [5.74, 6) is 0. The number of nitrogens with zero attached hydrogens (tertiary/aromatic N) is 4. The van der Waals surface area contributed by atoms with Gasteiger partial charge in [-0.15, -0.1) is 0 Å². The Balaban J connectivity index is 1.64.